The molecule has 0 fully saturated rings. The number of nitrogens with zero attached hydrogens (tertiary/aromatic N) is 2. The van der Waals surface area contributed by atoms with Crippen LogP contribution in [-0.4, -0.2) is 9.91 Å². The Morgan fingerprint density at radius 2 is 1.75 bits per heavy atom. The summed E-state index contributed by atoms with van der Waals surface area (Å²) in [6.07, 6.45) is 1.58. The molecule has 0 radical (unpaired) electrons. The maximum Gasteiger partial charge on any atom is 0.304 e. The van der Waals surface area contributed by atoms with E-state index in [1.807, 2.05) is 0 Å². The summed E-state index contributed by atoms with van der Waals surface area (Å²) in [5.74, 6) is -1.24. The molecule has 0 aliphatic rings. The molecule has 0 saturated carbocycles. The highest BCUT2D eigenvalue weighted by atomic mass is 19.1. The summed E-state index contributed by atoms with van der Waals surface area (Å²) in [4.78, 5) is 14.3. The molecule has 0 N–H and O–H groups in total. The fourth-order valence-corrected chi connectivity index (χ4v) is 2.48. The molecule has 0 atom stereocenters. The lowest BCUT2D eigenvalue weighted by Crippen LogP contribution is -1.94. The highest BCUT2D eigenvalue weighted by Gasteiger charge is 2.16. The number of halogens is 2. The number of hydrogen-bond acceptors (Lipinski definition) is 3. The van der Waals surface area contributed by atoms with Crippen molar-refractivity contribution < 1.29 is 13.7 Å². The SMILES string of the molecule is Cc1cc(-c2ncccc2-c2ccc([N+](=O)[O-])c(F)c2)ccc1F. The van der Waals surface area contributed by atoms with Gasteiger partial charge in [-0.1, -0.05) is 6.07 Å². The molecule has 4 nitrogen and oxygen atoms in total. The molecule has 3 rings (SSSR count). The summed E-state index contributed by atoms with van der Waals surface area (Å²) in [5.41, 5.74) is 2.19. The second kappa shape index (κ2) is 6.16. The number of aryl methyl sites for hydroxylation is 1. The molecule has 0 aliphatic heterocycles. The van der Waals surface area contributed by atoms with Gasteiger partial charge in [-0.2, -0.15) is 4.39 Å². The van der Waals surface area contributed by atoms with Crippen LogP contribution in [0.5, 0.6) is 0 Å². The topological polar surface area (TPSA) is 56.0 Å². The number of pyridine rings is 1. The Kier molecular flexibility index (Phi) is 4.04. The molecule has 6 heteroatoms. The van der Waals surface area contributed by atoms with E-state index in [0.717, 1.165) is 12.1 Å². The van der Waals surface area contributed by atoms with E-state index in [2.05, 4.69) is 4.98 Å². The molecule has 1 aromatic heterocycles. The smallest absolute Gasteiger partial charge is 0.258 e. The first-order valence-corrected chi connectivity index (χ1v) is 7.13. The third-order valence-corrected chi connectivity index (χ3v) is 3.69. The predicted octanol–water partition coefficient (Wildman–Crippen LogP) is 4.91. The first-order chi connectivity index (χ1) is 11.5. The van der Waals surface area contributed by atoms with Gasteiger partial charge in [-0.25, -0.2) is 4.39 Å². The van der Waals surface area contributed by atoms with Gasteiger partial charge in [0, 0.05) is 23.4 Å². The molecule has 2 aromatic carbocycles. The van der Waals surface area contributed by atoms with Crippen LogP contribution in [0.3, 0.4) is 0 Å². The summed E-state index contributed by atoms with van der Waals surface area (Å²) < 4.78 is 27.4. The third-order valence-electron chi connectivity index (χ3n) is 3.69. The second-order valence-corrected chi connectivity index (χ2v) is 5.29. The van der Waals surface area contributed by atoms with Crippen molar-refractivity contribution in [2.24, 2.45) is 0 Å². The molecular weight excluding hydrogens is 314 g/mol. The standard InChI is InChI=1S/C18H12F2N2O2/c1-11-9-13(4-6-15(11)19)18-14(3-2-8-21-18)12-5-7-17(22(23)24)16(20)10-12/h2-10H,1H3. The van der Waals surface area contributed by atoms with Crippen molar-refractivity contribution in [1.82, 2.24) is 4.98 Å². The van der Waals surface area contributed by atoms with E-state index in [4.69, 9.17) is 0 Å². The van der Waals surface area contributed by atoms with Crippen LogP contribution in [0.4, 0.5) is 14.5 Å². The Bertz CT molecular complexity index is 942. The van der Waals surface area contributed by atoms with Gasteiger partial charge in [0.25, 0.3) is 0 Å². The van der Waals surface area contributed by atoms with Gasteiger partial charge in [-0.3, -0.25) is 15.1 Å². The molecule has 0 saturated heterocycles. The zero-order valence-corrected chi connectivity index (χ0v) is 12.7. The van der Waals surface area contributed by atoms with Crippen LogP contribution in [-0.2, 0) is 0 Å². The van der Waals surface area contributed by atoms with Gasteiger partial charge < -0.3 is 0 Å². The molecule has 0 aliphatic carbocycles. The van der Waals surface area contributed by atoms with Gasteiger partial charge in [0.15, 0.2) is 0 Å². The highest BCUT2D eigenvalue weighted by molar-refractivity contribution is 5.81. The highest BCUT2D eigenvalue weighted by Crippen LogP contribution is 2.33. The average Bonchev–Trinajstić information content (AvgIpc) is 2.57. The second-order valence-electron chi connectivity index (χ2n) is 5.29. The van der Waals surface area contributed by atoms with Crippen molar-refractivity contribution in [2.45, 2.75) is 6.92 Å². The lowest BCUT2D eigenvalue weighted by Gasteiger charge is -2.10. The van der Waals surface area contributed by atoms with Gasteiger partial charge in [0.2, 0.25) is 5.82 Å². The minimum atomic E-state index is -0.914. The molecule has 0 bridgehead atoms. The van der Waals surface area contributed by atoms with Gasteiger partial charge in [-0.15, -0.1) is 0 Å². The zero-order valence-electron chi connectivity index (χ0n) is 12.7. The zero-order chi connectivity index (χ0) is 17.3. The van der Waals surface area contributed by atoms with Crippen LogP contribution in [0.2, 0.25) is 0 Å². The summed E-state index contributed by atoms with van der Waals surface area (Å²) >= 11 is 0. The van der Waals surface area contributed by atoms with E-state index in [1.54, 1.807) is 37.4 Å². The Labute approximate surface area is 136 Å². The van der Waals surface area contributed by atoms with Crippen LogP contribution in [0.25, 0.3) is 22.4 Å². The monoisotopic (exact) mass is 326 g/mol. The maximum atomic E-state index is 13.9. The Hall–Kier alpha value is -3.15. The molecule has 3 aromatic rings. The van der Waals surface area contributed by atoms with Gasteiger partial charge >= 0.3 is 5.69 Å². The van der Waals surface area contributed by atoms with Crippen molar-refractivity contribution in [3.8, 4) is 22.4 Å². The van der Waals surface area contributed by atoms with Crippen molar-refractivity contribution in [2.75, 3.05) is 0 Å². The van der Waals surface area contributed by atoms with Crippen molar-refractivity contribution in [3.05, 3.63) is 82.0 Å². The first-order valence-electron chi connectivity index (χ1n) is 7.13. The third kappa shape index (κ3) is 2.86. The van der Waals surface area contributed by atoms with E-state index >= 15 is 0 Å². The fraction of sp³-hybridized carbons (Fsp3) is 0.0556. The predicted molar refractivity (Wildman–Crippen MR) is 86.4 cm³/mol. The van der Waals surface area contributed by atoms with E-state index < -0.39 is 16.4 Å². The largest absolute Gasteiger partial charge is 0.304 e. The van der Waals surface area contributed by atoms with Crippen LogP contribution < -0.4 is 0 Å². The normalized spacial score (nSPS) is 10.6. The summed E-state index contributed by atoms with van der Waals surface area (Å²) in [6, 6.07) is 11.7. The van der Waals surface area contributed by atoms with E-state index in [9.17, 15) is 18.9 Å². The Morgan fingerprint density at radius 3 is 2.42 bits per heavy atom. The van der Waals surface area contributed by atoms with Gasteiger partial charge in [-0.05, 0) is 54.4 Å². The quantitative estimate of drug-likeness (QED) is 0.507. The Morgan fingerprint density at radius 1 is 1.00 bits per heavy atom. The molecular formula is C18H12F2N2O2. The maximum absolute atomic E-state index is 13.9. The van der Waals surface area contributed by atoms with Gasteiger partial charge in [0.05, 0.1) is 10.6 Å². The van der Waals surface area contributed by atoms with E-state index in [0.29, 0.717) is 27.9 Å². The lowest BCUT2D eigenvalue weighted by molar-refractivity contribution is -0.387. The number of rotatable bonds is 3. The fourth-order valence-electron chi connectivity index (χ4n) is 2.48. The minimum Gasteiger partial charge on any atom is -0.258 e. The molecule has 1 heterocycles. The summed E-state index contributed by atoms with van der Waals surface area (Å²) in [6.45, 7) is 1.65. The molecule has 120 valence electrons. The van der Waals surface area contributed by atoms with Crippen molar-refractivity contribution in [1.29, 1.82) is 0 Å². The molecule has 0 spiro atoms. The van der Waals surface area contributed by atoms with Crippen LogP contribution >= 0.6 is 0 Å². The van der Waals surface area contributed by atoms with Crippen LogP contribution in [0.15, 0.2) is 54.7 Å². The molecule has 24 heavy (non-hydrogen) atoms. The number of aromatic nitrogens is 1. The van der Waals surface area contributed by atoms with E-state index in [1.165, 1.54) is 12.1 Å². The first kappa shape index (κ1) is 15.7. The van der Waals surface area contributed by atoms with Crippen molar-refractivity contribution >= 4 is 5.69 Å². The Balaban J connectivity index is 2.15. The number of hydrogen-bond donors (Lipinski definition) is 0. The van der Waals surface area contributed by atoms with Crippen LogP contribution in [0.1, 0.15) is 5.56 Å². The number of benzene rings is 2. The molecule has 0 unspecified atom stereocenters. The molecule has 0 amide bonds. The van der Waals surface area contributed by atoms with Crippen LogP contribution in [0, 0.1) is 28.7 Å². The average molecular weight is 326 g/mol. The minimum absolute atomic E-state index is 0.322. The number of nitro benzene ring substituents is 1. The number of nitro groups is 1. The lowest BCUT2D eigenvalue weighted by atomic mass is 9.98. The summed E-state index contributed by atoms with van der Waals surface area (Å²) in [5, 5.41) is 10.7. The summed E-state index contributed by atoms with van der Waals surface area (Å²) in [7, 11) is 0. The van der Waals surface area contributed by atoms with Gasteiger partial charge in [0.1, 0.15) is 5.82 Å². The van der Waals surface area contributed by atoms with E-state index in [-0.39, 0.29) is 5.82 Å². The van der Waals surface area contributed by atoms with Crippen molar-refractivity contribution in [3.63, 3.8) is 0 Å².